The standard InChI is InChI=1S/C28H27F2N3O5S2/c1-31-28(34)26-21-14-20(18-6-5-13-33(16-18)40(36,37)25-8-4-3-7-22(25)30)23(32-39(2)35)15-24(21)38-27(26)17-9-11-19(29)12-10-17/h3-4,7-12,14-15,18,32H,5-6,13,16H2,1-2H3,(H,31,34)/t18-,39-/m0/s1. The van der Waals surface area contributed by atoms with Gasteiger partial charge in [-0.25, -0.2) is 21.9 Å². The summed E-state index contributed by atoms with van der Waals surface area (Å²) in [5.74, 6) is -1.80. The third-order valence-corrected chi connectivity index (χ3v) is 9.36. The molecule has 5 rings (SSSR count). The quantitative estimate of drug-likeness (QED) is 0.294. The van der Waals surface area contributed by atoms with E-state index in [2.05, 4.69) is 10.0 Å². The van der Waals surface area contributed by atoms with Crippen molar-refractivity contribution in [2.24, 2.45) is 0 Å². The monoisotopic (exact) mass is 587 g/mol. The molecule has 1 aliphatic rings. The second kappa shape index (κ2) is 11.2. The number of nitrogens with one attached hydrogen (secondary N) is 2. The number of rotatable bonds is 7. The van der Waals surface area contributed by atoms with Crippen molar-refractivity contribution in [1.29, 1.82) is 0 Å². The van der Waals surface area contributed by atoms with Crippen LogP contribution in [-0.2, 0) is 21.4 Å². The maximum absolute atomic E-state index is 14.4. The fraction of sp³-hybridized carbons (Fsp3) is 0.250. The Bertz CT molecular complexity index is 1670. The van der Waals surface area contributed by atoms with E-state index in [-0.39, 0.29) is 35.2 Å². The summed E-state index contributed by atoms with van der Waals surface area (Å²) >= 11 is -1.47. The maximum atomic E-state index is 14.4. The molecule has 0 aliphatic carbocycles. The number of halogens is 2. The van der Waals surface area contributed by atoms with Crippen molar-refractivity contribution in [3.63, 3.8) is 0 Å². The van der Waals surface area contributed by atoms with Crippen LogP contribution in [0, 0.1) is 11.6 Å². The first-order chi connectivity index (χ1) is 19.1. The molecular weight excluding hydrogens is 560 g/mol. The number of benzene rings is 3. The van der Waals surface area contributed by atoms with E-state index in [0.717, 1.165) is 6.07 Å². The lowest BCUT2D eigenvalue weighted by Crippen LogP contribution is -2.39. The molecule has 0 bridgehead atoms. The lowest BCUT2D eigenvalue weighted by atomic mass is 9.89. The summed E-state index contributed by atoms with van der Waals surface area (Å²) in [5, 5.41) is 3.08. The molecule has 2 atom stereocenters. The minimum Gasteiger partial charge on any atom is -0.593 e. The summed E-state index contributed by atoms with van der Waals surface area (Å²) in [6.07, 6.45) is 2.59. The van der Waals surface area contributed by atoms with Gasteiger partial charge in [0, 0.05) is 37.2 Å². The lowest BCUT2D eigenvalue weighted by Gasteiger charge is -2.33. The number of hydrogen-bond donors (Lipinski definition) is 2. The molecule has 1 fully saturated rings. The molecular formula is C28H27F2N3O5S2. The molecule has 1 aliphatic heterocycles. The molecule has 0 unspecified atom stereocenters. The van der Waals surface area contributed by atoms with Gasteiger partial charge in [-0.1, -0.05) is 12.1 Å². The van der Waals surface area contributed by atoms with Crippen molar-refractivity contribution in [1.82, 2.24) is 9.62 Å². The lowest BCUT2D eigenvalue weighted by molar-refractivity contribution is 0.0964. The summed E-state index contributed by atoms with van der Waals surface area (Å²) in [5.41, 5.74) is 2.17. The van der Waals surface area contributed by atoms with Gasteiger partial charge in [-0.05, 0) is 66.8 Å². The van der Waals surface area contributed by atoms with Crippen LogP contribution in [0.5, 0.6) is 0 Å². The Balaban J connectivity index is 1.63. The molecule has 1 saturated heterocycles. The molecule has 1 amide bonds. The molecule has 3 aromatic carbocycles. The molecule has 0 spiro atoms. The van der Waals surface area contributed by atoms with Crippen LogP contribution in [0.4, 0.5) is 14.5 Å². The number of amides is 1. The number of fused-ring (bicyclic) bond motifs is 1. The molecule has 2 heterocycles. The average Bonchev–Trinajstić information content (AvgIpc) is 3.30. The van der Waals surface area contributed by atoms with E-state index in [1.54, 1.807) is 12.1 Å². The van der Waals surface area contributed by atoms with Gasteiger partial charge in [-0.2, -0.15) is 4.31 Å². The summed E-state index contributed by atoms with van der Waals surface area (Å²) in [6.45, 7) is 0.285. The van der Waals surface area contributed by atoms with Crippen LogP contribution in [0.25, 0.3) is 22.3 Å². The third-order valence-electron chi connectivity index (χ3n) is 6.95. The minimum absolute atomic E-state index is 0.0607. The highest BCUT2D eigenvalue weighted by Gasteiger charge is 2.34. The average molecular weight is 588 g/mol. The summed E-state index contributed by atoms with van der Waals surface area (Å²) in [7, 11) is -2.62. The fourth-order valence-corrected chi connectivity index (χ4v) is 7.18. The zero-order chi connectivity index (χ0) is 28.6. The fourth-order valence-electron chi connectivity index (χ4n) is 5.10. The molecule has 210 valence electrons. The second-order valence-electron chi connectivity index (χ2n) is 9.52. The van der Waals surface area contributed by atoms with E-state index < -0.39 is 38.9 Å². The van der Waals surface area contributed by atoms with Crippen LogP contribution in [0.1, 0.15) is 34.7 Å². The van der Waals surface area contributed by atoms with Gasteiger partial charge in [0.1, 0.15) is 34.1 Å². The van der Waals surface area contributed by atoms with Gasteiger partial charge in [0.2, 0.25) is 10.0 Å². The molecule has 2 N–H and O–H groups in total. The number of carbonyl (C=O) groups excluding carboxylic acids is 1. The number of nitrogens with zero attached hydrogens (tertiary/aromatic N) is 1. The van der Waals surface area contributed by atoms with Crippen molar-refractivity contribution in [2.45, 2.75) is 23.7 Å². The highest BCUT2D eigenvalue weighted by molar-refractivity contribution is 7.92. The van der Waals surface area contributed by atoms with Crippen LogP contribution in [-0.4, -0.2) is 49.6 Å². The number of carbonyl (C=O) groups is 1. The Hall–Kier alpha value is -3.45. The van der Waals surface area contributed by atoms with E-state index in [4.69, 9.17) is 4.42 Å². The van der Waals surface area contributed by atoms with E-state index in [0.29, 0.717) is 40.6 Å². The van der Waals surface area contributed by atoms with Gasteiger partial charge in [0.15, 0.2) is 0 Å². The Morgan fingerprint density at radius 1 is 1.12 bits per heavy atom. The zero-order valence-electron chi connectivity index (χ0n) is 21.7. The van der Waals surface area contributed by atoms with Crippen LogP contribution in [0.3, 0.4) is 0 Å². The summed E-state index contributed by atoms with van der Waals surface area (Å²) in [6, 6.07) is 14.2. The number of anilines is 1. The van der Waals surface area contributed by atoms with Gasteiger partial charge in [-0.3, -0.25) is 4.79 Å². The first-order valence-corrected chi connectivity index (χ1v) is 15.5. The highest BCUT2D eigenvalue weighted by Crippen LogP contribution is 2.41. The number of piperidine rings is 1. The Labute approximate surface area is 233 Å². The number of furan rings is 1. The molecule has 0 radical (unpaired) electrons. The Morgan fingerprint density at radius 2 is 1.85 bits per heavy atom. The van der Waals surface area contributed by atoms with Gasteiger partial charge < -0.3 is 14.3 Å². The van der Waals surface area contributed by atoms with E-state index >= 15 is 0 Å². The maximum Gasteiger partial charge on any atom is 0.255 e. The van der Waals surface area contributed by atoms with E-state index in [1.807, 2.05) is 0 Å². The highest BCUT2D eigenvalue weighted by atomic mass is 32.2. The van der Waals surface area contributed by atoms with Crippen molar-refractivity contribution in [3.05, 3.63) is 83.4 Å². The zero-order valence-corrected chi connectivity index (χ0v) is 23.4. The smallest absolute Gasteiger partial charge is 0.255 e. The number of hydrogen-bond acceptors (Lipinski definition) is 6. The predicted octanol–water partition coefficient (Wildman–Crippen LogP) is 5.01. The summed E-state index contributed by atoms with van der Waals surface area (Å²) < 4.78 is 77.2. The Kier molecular flexibility index (Phi) is 7.87. The largest absolute Gasteiger partial charge is 0.593 e. The Morgan fingerprint density at radius 3 is 2.52 bits per heavy atom. The van der Waals surface area contributed by atoms with E-state index in [1.165, 1.54) is 60.1 Å². The third kappa shape index (κ3) is 5.31. The van der Waals surface area contributed by atoms with Crippen molar-refractivity contribution in [2.75, 3.05) is 31.1 Å². The van der Waals surface area contributed by atoms with Crippen molar-refractivity contribution < 1.29 is 31.0 Å². The van der Waals surface area contributed by atoms with Crippen LogP contribution < -0.4 is 10.0 Å². The van der Waals surface area contributed by atoms with Gasteiger partial charge in [-0.15, -0.1) is 0 Å². The SMILES string of the molecule is CNC(=O)c1c(-c2ccc(F)cc2)oc2cc(N[S@+](C)[O-])c([C@H]3CCCN(S(=O)(=O)c4ccccc4F)C3)cc12. The summed E-state index contributed by atoms with van der Waals surface area (Å²) in [4.78, 5) is 12.7. The van der Waals surface area contributed by atoms with Crippen molar-refractivity contribution >= 4 is 43.9 Å². The minimum atomic E-state index is -4.11. The van der Waals surface area contributed by atoms with Crippen LogP contribution >= 0.6 is 0 Å². The van der Waals surface area contributed by atoms with Gasteiger partial charge in [0.25, 0.3) is 5.91 Å². The normalized spacial score (nSPS) is 17.1. The topological polar surface area (TPSA) is 115 Å². The van der Waals surface area contributed by atoms with Crippen LogP contribution in [0.2, 0.25) is 0 Å². The molecule has 0 saturated carbocycles. The molecule has 12 heteroatoms. The first kappa shape index (κ1) is 28.1. The molecule has 4 aromatic rings. The first-order valence-electron chi connectivity index (χ1n) is 12.5. The van der Waals surface area contributed by atoms with Crippen LogP contribution in [0.15, 0.2) is 70.0 Å². The van der Waals surface area contributed by atoms with E-state index in [9.17, 15) is 26.5 Å². The number of sulfonamides is 1. The second-order valence-corrected chi connectivity index (χ2v) is 12.5. The predicted molar refractivity (Wildman–Crippen MR) is 150 cm³/mol. The van der Waals surface area contributed by atoms with Gasteiger partial charge >= 0.3 is 0 Å². The van der Waals surface area contributed by atoms with Gasteiger partial charge in [0.05, 0.1) is 22.6 Å². The molecule has 8 nitrogen and oxygen atoms in total. The molecule has 40 heavy (non-hydrogen) atoms. The molecule has 1 aromatic heterocycles. The van der Waals surface area contributed by atoms with Crippen molar-refractivity contribution in [3.8, 4) is 11.3 Å².